The number of hydrogen-bond acceptors (Lipinski definition) is 5. The van der Waals surface area contributed by atoms with Crippen molar-refractivity contribution in [2.24, 2.45) is 17.8 Å². The lowest BCUT2D eigenvalue weighted by atomic mass is 9.87. The lowest BCUT2D eigenvalue weighted by molar-refractivity contribution is -0.153. The average Bonchev–Trinajstić information content (AvgIpc) is 2.90. The van der Waals surface area contributed by atoms with Crippen molar-refractivity contribution in [2.75, 3.05) is 13.2 Å². The van der Waals surface area contributed by atoms with Gasteiger partial charge in [0.25, 0.3) is 5.89 Å². The number of morpholine rings is 1. The highest BCUT2D eigenvalue weighted by Gasteiger charge is 2.40. The van der Waals surface area contributed by atoms with Crippen LogP contribution in [0, 0.1) is 24.7 Å². The van der Waals surface area contributed by atoms with Gasteiger partial charge in [-0.05, 0) is 38.5 Å². The van der Waals surface area contributed by atoms with Gasteiger partial charge in [-0.15, -0.1) is 0 Å². The normalized spacial score (nSPS) is 22.0. The number of rotatable bonds is 6. The largest absolute Gasteiger partial charge is 0.374 e. The quantitative estimate of drug-likeness (QED) is 0.796. The number of hydrogen-bond donors (Lipinski definition) is 0. The maximum atomic E-state index is 13.3. The fourth-order valence-corrected chi connectivity index (χ4v) is 3.51. The Hall–Kier alpha value is -1.43. The van der Waals surface area contributed by atoms with E-state index in [0.717, 1.165) is 12.8 Å². The van der Waals surface area contributed by atoms with Crippen molar-refractivity contribution in [1.29, 1.82) is 0 Å². The van der Waals surface area contributed by atoms with Gasteiger partial charge in [0.2, 0.25) is 5.91 Å². The molecule has 24 heavy (non-hydrogen) atoms. The average molecular weight is 337 g/mol. The number of carbonyl (C=O) groups excluding carboxylic acids is 1. The third-order valence-electron chi connectivity index (χ3n) is 4.43. The molecule has 0 N–H and O–H groups in total. The van der Waals surface area contributed by atoms with Gasteiger partial charge < -0.3 is 14.2 Å². The van der Waals surface area contributed by atoms with E-state index in [4.69, 9.17) is 9.26 Å². The van der Waals surface area contributed by atoms with Gasteiger partial charge in [-0.25, -0.2) is 0 Å². The highest BCUT2D eigenvalue weighted by Crippen LogP contribution is 2.32. The number of amides is 1. The second-order valence-corrected chi connectivity index (χ2v) is 7.69. The molecule has 1 aliphatic heterocycles. The molecule has 0 saturated carbocycles. The van der Waals surface area contributed by atoms with Crippen LogP contribution in [-0.4, -0.2) is 40.2 Å². The van der Waals surface area contributed by atoms with E-state index in [-0.39, 0.29) is 24.0 Å². The first-order valence-electron chi connectivity index (χ1n) is 9.01. The second-order valence-electron chi connectivity index (χ2n) is 7.69. The molecule has 0 aromatic carbocycles. The van der Waals surface area contributed by atoms with Crippen molar-refractivity contribution in [3.63, 3.8) is 0 Å². The first kappa shape index (κ1) is 18.9. The molecule has 2 heterocycles. The van der Waals surface area contributed by atoms with Crippen LogP contribution in [0.25, 0.3) is 0 Å². The van der Waals surface area contributed by atoms with E-state index in [1.165, 1.54) is 0 Å². The minimum Gasteiger partial charge on any atom is -0.374 e. The summed E-state index contributed by atoms with van der Waals surface area (Å²) in [6.07, 6.45) is 1.65. The summed E-state index contributed by atoms with van der Waals surface area (Å²) in [5.74, 6) is 2.24. The molecule has 1 fully saturated rings. The fourth-order valence-electron chi connectivity index (χ4n) is 3.51. The number of aromatic nitrogens is 2. The molecule has 1 aliphatic rings. The van der Waals surface area contributed by atoms with Gasteiger partial charge in [-0.1, -0.05) is 32.9 Å². The Bertz CT molecular complexity index is 531. The van der Waals surface area contributed by atoms with Gasteiger partial charge in [0.15, 0.2) is 5.82 Å². The first-order chi connectivity index (χ1) is 11.3. The predicted octanol–water partition coefficient (Wildman–Crippen LogP) is 3.37. The van der Waals surface area contributed by atoms with Crippen molar-refractivity contribution in [3.05, 3.63) is 11.7 Å². The van der Waals surface area contributed by atoms with Crippen LogP contribution in [0.5, 0.6) is 0 Å². The molecule has 2 atom stereocenters. The minimum absolute atomic E-state index is 0.0295. The number of carbonyl (C=O) groups is 1. The van der Waals surface area contributed by atoms with Crippen LogP contribution in [0.1, 0.15) is 65.2 Å². The highest BCUT2D eigenvalue weighted by atomic mass is 16.5. The van der Waals surface area contributed by atoms with Crippen molar-refractivity contribution in [1.82, 2.24) is 15.0 Å². The summed E-state index contributed by atoms with van der Waals surface area (Å²) in [5.41, 5.74) is 0. The first-order valence-corrected chi connectivity index (χ1v) is 9.01. The van der Waals surface area contributed by atoms with E-state index in [1.54, 1.807) is 6.92 Å². The zero-order chi connectivity index (χ0) is 17.9. The van der Waals surface area contributed by atoms with Crippen LogP contribution >= 0.6 is 0 Å². The Morgan fingerprint density at radius 1 is 1.25 bits per heavy atom. The van der Waals surface area contributed by atoms with Gasteiger partial charge in [0, 0.05) is 12.5 Å². The van der Waals surface area contributed by atoms with Crippen LogP contribution in [0.4, 0.5) is 0 Å². The van der Waals surface area contributed by atoms with Gasteiger partial charge >= 0.3 is 0 Å². The second kappa shape index (κ2) is 8.10. The zero-order valence-electron chi connectivity index (χ0n) is 15.8. The zero-order valence-corrected chi connectivity index (χ0v) is 15.8. The van der Waals surface area contributed by atoms with Crippen LogP contribution in [0.2, 0.25) is 0 Å². The molecular weight excluding hydrogens is 306 g/mol. The number of nitrogens with zero attached hydrogens (tertiary/aromatic N) is 3. The standard InChI is InChI=1S/C18H31N3O3/c1-11(2)9-15(10-12(3)4)18(22)21-7-8-23-13(5)16(21)17-19-14(6)20-24-17/h11-13,15-16H,7-10H2,1-6H3/t13-,16+/m1/s1. The molecule has 2 rings (SSSR count). The monoisotopic (exact) mass is 337 g/mol. The summed E-state index contributed by atoms with van der Waals surface area (Å²) in [4.78, 5) is 19.5. The lowest BCUT2D eigenvalue weighted by Crippen LogP contribution is -2.49. The van der Waals surface area contributed by atoms with Crippen LogP contribution in [0.3, 0.4) is 0 Å². The van der Waals surface area contributed by atoms with E-state index >= 15 is 0 Å². The van der Waals surface area contributed by atoms with Crippen LogP contribution in [-0.2, 0) is 9.53 Å². The Labute approximate surface area is 144 Å². The van der Waals surface area contributed by atoms with Crippen molar-refractivity contribution >= 4 is 5.91 Å². The fraction of sp³-hybridized carbons (Fsp3) is 0.833. The summed E-state index contributed by atoms with van der Waals surface area (Å²) < 4.78 is 11.1. The molecule has 1 aromatic rings. The van der Waals surface area contributed by atoms with Crippen LogP contribution in [0.15, 0.2) is 4.52 Å². The molecule has 1 aromatic heterocycles. The molecular formula is C18H31N3O3. The molecule has 0 bridgehead atoms. The van der Waals surface area contributed by atoms with E-state index in [1.807, 2.05) is 11.8 Å². The molecule has 136 valence electrons. The van der Waals surface area contributed by atoms with Gasteiger partial charge in [0.1, 0.15) is 6.04 Å². The summed E-state index contributed by atoms with van der Waals surface area (Å²) in [5, 5.41) is 3.88. The SMILES string of the molecule is Cc1noc([C@@H]2[C@@H](C)OCCN2C(=O)C(CC(C)C)CC(C)C)n1. The summed E-state index contributed by atoms with van der Waals surface area (Å²) in [6, 6.07) is -0.297. The molecule has 0 unspecified atom stereocenters. The topological polar surface area (TPSA) is 68.5 Å². The van der Waals surface area contributed by atoms with E-state index in [2.05, 4.69) is 37.8 Å². The molecule has 0 spiro atoms. The van der Waals surface area contributed by atoms with E-state index in [0.29, 0.717) is 36.7 Å². The Morgan fingerprint density at radius 3 is 2.38 bits per heavy atom. The van der Waals surface area contributed by atoms with Crippen molar-refractivity contribution in [3.8, 4) is 0 Å². The highest BCUT2D eigenvalue weighted by molar-refractivity contribution is 5.79. The summed E-state index contributed by atoms with van der Waals surface area (Å²) in [6.45, 7) is 13.5. The number of aryl methyl sites for hydroxylation is 1. The smallest absolute Gasteiger partial charge is 0.252 e. The Balaban J connectivity index is 2.25. The molecule has 0 radical (unpaired) electrons. The van der Waals surface area contributed by atoms with E-state index in [9.17, 15) is 4.79 Å². The lowest BCUT2D eigenvalue weighted by Gasteiger charge is -2.40. The van der Waals surface area contributed by atoms with E-state index < -0.39 is 0 Å². The maximum Gasteiger partial charge on any atom is 0.252 e. The van der Waals surface area contributed by atoms with Crippen LogP contribution < -0.4 is 0 Å². The predicted molar refractivity (Wildman–Crippen MR) is 91.3 cm³/mol. The maximum absolute atomic E-state index is 13.3. The van der Waals surface area contributed by atoms with Gasteiger partial charge in [-0.3, -0.25) is 4.79 Å². The summed E-state index contributed by atoms with van der Waals surface area (Å²) in [7, 11) is 0. The summed E-state index contributed by atoms with van der Waals surface area (Å²) >= 11 is 0. The minimum atomic E-state index is -0.297. The number of ether oxygens (including phenoxy) is 1. The van der Waals surface area contributed by atoms with Crippen molar-refractivity contribution < 1.29 is 14.1 Å². The molecule has 1 amide bonds. The Morgan fingerprint density at radius 2 is 1.88 bits per heavy atom. The van der Waals surface area contributed by atoms with Gasteiger partial charge in [-0.2, -0.15) is 4.98 Å². The molecule has 6 nitrogen and oxygen atoms in total. The van der Waals surface area contributed by atoms with Gasteiger partial charge in [0.05, 0.1) is 12.7 Å². The molecule has 0 aliphatic carbocycles. The Kier molecular flexibility index (Phi) is 6.38. The third kappa shape index (κ3) is 4.56. The molecule has 6 heteroatoms. The van der Waals surface area contributed by atoms with Crippen molar-refractivity contribution in [2.45, 2.75) is 66.5 Å². The third-order valence-corrected chi connectivity index (χ3v) is 4.43. The molecule has 1 saturated heterocycles.